The van der Waals surface area contributed by atoms with Crippen molar-refractivity contribution >= 4 is 29.6 Å². The van der Waals surface area contributed by atoms with Gasteiger partial charge in [0, 0.05) is 38.4 Å². The number of amides is 4. The van der Waals surface area contributed by atoms with E-state index in [1.54, 1.807) is 30.6 Å². The summed E-state index contributed by atoms with van der Waals surface area (Å²) in [5, 5.41) is 40.9. The van der Waals surface area contributed by atoms with Crippen LogP contribution in [0.15, 0.2) is 116 Å². The Kier molecular flexibility index (Phi) is 20.0. The minimum atomic E-state index is -1.36. The van der Waals surface area contributed by atoms with Gasteiger partial charge in [-0.05, 0) is 79.1 Å². The molecule has 9 N–H and O–H groups in total. The topological polar surface area (TPSA) is 238 Å². The minimum absolute atomic E-state index is 0.00998. The quantitative estimate of drug-likeness (QED) is 0.0296. The summed E-state index contributed by atoms with van der Waals surface area (Å²) < 4.78 is 1.90. The predicted octanol–water partition coefficient (Wildman–Crippen LogP) is 5.78. The standard InChI is InChI=1S/C52H65N7O8/c1-3-4-5-6-10-16-47(62)54-29-12-11-15-44(56-49(63)43(53)32-40-33-59(34-55-40)48(38-13-8-7-9-14-38)39-23-27-42(61)28-24-39)50(64)57-45(30-36-19-17-35(2)18-20-36)51(65)58-46(52(66)67)31-37-21-25-41(60)26-22-37/h7-9,13-14,17-28,33-34,43-46,48,60-61H,3-6,10-12,15-16,29-32,53H2,1-2H3,(H,54,62)(H,56,63)(H,57,64)(H,58,65)(H,66,67)/t43-,44-,45+,46-,48?/m0/s1. The highest BCUT2D eigenvalue weighted by Gasteiger charge is 2.31. The Labute approximate surface area is 392 Å². The van der Waals surface area contributed by atoms with E-state index < -0.39 is 47.9 Å². The largest absolute Gasteiger partial charge is 0.508 e. The summed E-state index contributed by atoms with van der Waals surface area (Å²) in [6.07, 6.45) is 10.1. The number of phenols is 2. The number of carboxylic acids is 1. The van der Waals surface area contributed by atoms with Crippen LogP contribution in [0.1, 0.15) is 104 Å². The molecule has 0 spiro atoms. The molecule has 1 heterocycles. The van der Waals surface area contributed by atoms with Crippen molar-refractivity contribution in [3.05, 3.63) is 149 Å². The van der Waals surface area contributed by atoms with Crippen molar-refractivity contribution in [2.75, 3.05) is 6.54 Å². The molecule has 0 radical (unpaired) electrons. The van der Waals surface area contributed by atoms with Gasteiger partial charge >= 0.3 is 5.97 Å². The molecule has 1 aromatic heterocycles. The van der Waals surface area contributed by atoms with Gasteiger partial charge in [-0.15, -0.1) is 0 Å². The molecule has 4 aromatic carbocycles. The zero-order chi connectivity index (χ0) is 48.1. The third-order valence-electron chi connectivity index (χ3n) is 11.6. The lowest BCUT2D eigenvalue weighted by Gasteiger charge is -2.25. The van der Waals surface area contributed by atoms with Gasteiger partial charge in [0.25, 0.3) is 0 Å². The second-order valence-electron chi connectivity index (χ2n) is 17.1. The number of nitrogens with one attached hydrogen (secondary N) is 4. The molecule has 0 aliphatic carbocycles. The maximum absolute atomic E-state index is 14.3. The monoisotopic (exact) mass is 915 g/mol. The fourth-order valence-corrected chi connectivity index (χ4v) is 7.78. The highest BCUT2D eigenvalue weighted by molar-refractivity contribution is 5.94. The van der Waals surface area contributed by atoms with E-state index in [4.69, 9.17) is 5.73 Å². The SMILES string of the molecule is CCCCCCCC(=O)NCCCC[C@H](NC(=O)[C@@H](N)Cc1cn(C(c2ccccc2)c2ccc(O)cc2)cn1)C(=O)N[C@H](Cc1ccc(C)cc1)C(=O)N[C@@H](Cc1ccc(O)cc1)C(=O)O. The number of imidazole rings is 1. The van der Waals surface area contributed by atoms with Crippen LogP contribution in [0.25, 0.3) is 0 Å². The van der Waals surface area contributed by atoms with Gasteiger partial charge in [0.05, 0.1) is 24.1 Å². The highest BCUT2D eigenvalue weighted by Crippen LogP contribution is 2.28. The zero-order valence-corrected chi connectivity index (χ0v) is 38.4. The summed E-state index contributed by atoms with van der Waals surface area (Å²) >= 11 is 0. The first-order valence-electron chi connectivity index (χ1n) is 23.2. The summed E-state index contributed by atoms with van der Waals surface area (Å²) in [5.74, 6) is -3.21. The van der Waals surface area contributed by atoms with Gasteiger partial charge in [0.1, 0.15) is 29.6 Å². The zero-order valence-electron chi connectivity index (χ0n) is 38.4. The van der Waals surface area contributed by atoms with Crippen LogP contribution in [0.2, 0.25) is 0 Å². The number of nitrogens with zero attached hydrogens (tertiary/aromatic N) is 2. The number of aromatic nitrogens is 2. The molecule has 15 heteroatoms. The van der Waals surface area contributed by atoms with Gasteiger partial charge in [-0.3, -0.25) is 19.2 Å². The first kappa shape index (κ1) is 51.0. The molecular formula is C52H65N7O8. The average Bonchev–Trinajstić information content (AvgIpc) is 3.77. The van der Waals surface area contributed by atoms with E-state index in [0.717, 1.165) is 48.8 Å². The van der Waals surface area contributed by atoms with Crippen LogP contribution < -0.4 is 27.0 Å². The van der Waals surface area contributed by atoms with Crippen LogP contribution in [0.4, 0.5) is 0 Å². The number of hydrogen-bond donors (Lipinski definition) is 8. The number of carbonyl (C=O) groups excluding carboxylic acids is 4. The first-order chi connectivity index (χ1) is 32.3. The number of carbonyl (C=O) groups is 5. The number of benzene rings is 4. The number of nitrogens with two attached hydrogens (primary N) is 1. The molecule has 0 bridgehead atoms. The first-order valence-corrected chi connectivity index (χ1v) is 23.2. The third kappa shape index (κ3) is 16.7. The second kappa shape index (κ2) is 26.2. The summed E-state index contributed by atoms with van der Waals surface area (Å²) in [4.78, 5) is 71.7. The molecule has 356 valence electrons. The van der Waals surface area contributed by atoms with Gasteiger partial charge in [-0.2, -0.15) is 0 Å². The molecule has 0 saturated carbocycles. The molecule has 5 atom stereocenters. The maximum Gasteiger partial charge on any atom is 0.326 e. The molecular weight excluding hydrogens is 851 g/mol. The molecule has 15 nitrogen and oxygen atoms in total. The smallest absolute Gasteiger partial charge is 0.326 e. The Morgan fingerprint density at radius 2 is 1.21 bits per heavy atom. The van der Waals surface area contributed by atoms with Crippen molar-refractivity contribution < 1.29 is 39.3 Å². The number of phenolic OH excluding ortho intramolecular Hbond substituents is 2. The maximum atomic E-state index is 14.3. The van der Waals surface area contributed by atoms with E-state index in [1.807, 2.05) is 84.4 Å². The van der Waals surface area contributed by atoms with Crippen LogP contribution in [0.3, 0.4) is 0 Å². The summed E-state index contributed by atoms with van der Waals surface area (Å²) in [5.41, 5.74) is 11.2. The number of aromatic hydroxyl groups is 2. The molecule has 0 saturated heterocycles. The summed E-state index contributed by atoms with van der Waals surface area (Å²) in [6, 6.07) is 24.8. The van der Waals surface area contributed by atoms with E-state index >= 15 is 0 Å². The van der Waals surface area contributed by atoms with Gasteiger partial charge in [0.2, 0.25) is 23.6 Å². The lowest BCUT2D eigenvalue weighted by molar-refractivity contribution is -0.142. The Balaban J connectivity index is 1.31. The van der Waals surface area contributed by atoms with E-state index in [0.29, 0.717) is 42.6 Å². The highest BCUT2D eigenvalue weighted by atomic mass is 16.4. The third-order valence-corrected chi connectivity index (χ3v) is 11.6. The van der Waals surface area contributed by atoms with E-state index in [2.05, 4.69) is 33.2 Å². The van der Waals surface area contributed by atoms with Crippen LogP contribution in [0.5, 0.6) is 11.5 Å². The molecule has 0 aliphatic rings. The molecule has 0 aliphatic heterocycles. The van der Waals surface area contributed by atoms with Crippen LogP contribution in [-0.4, -0.2) is 85.2 Å². The average molecular weight is 916 g/mol. The van der Waals surface area contributed by atoms with Crippen molar-refractivity contribution in [1.82, 2.24) is 30.8 Å². The summed E-state index contributed by atoms with van der Waals surface area (Å²) in [6.45, 7) is 4.43. The minimum Gasteiger partial charge on any atom is -0.508 e. The van der Waals surface area contributed by atoms with E-state index in [1.165, 1.54) is 12.1 Å². The van der Waals surface area contributed by atoms with Gasteiger partial charge in [0.15, 0.2) is 0 Å². The Morgan fingerprint density at radius 1 is 0.642 bits per heavy atom. The van der Waals surface area contributed by atoms with Gasteiger partial charge in [-0.1, -0.05) is 117 Å². The molecule has 4 amide bonds. The van der Waals surface area contributed by atoms with Crippen LogP contribution in [0, 0.1) is 6.92 Å². The van der Waals surface area contributed by atoms with Crippen molar-refractivity contribution in [1.29, 1.82) is 0 Å². The number of unbranched alkanes of at least 4 members (excludes halogenated alkanes) is 5. The normalized spacial score (nSPS) is 13.4. The second-order valence-corrected chi connectivity index (χ2v) is 17.1. The molecule has 5 rings (SSSR count). The van der Waals surface area contributed by atoms with Crippen LogP contribution in [-0.2, 0) is 43.2 Å². The number of aliphatic carboxylic acids is 1. The Hall–Kier alpha value is -7.00. The van der Waals surface area contributed by atoms with Crippen molar-refractivity contribution in [2.24, 2.45) is 5.73 Å². The molecule has 67 heavy (non-hydrogen) atoms. The van der Waals surface area contributed by atoms with Crippen LogP contribution >= 0.6 is 0 Å². The Bertz CT molecular complexity index is 2340. The molecule has 5 aromatic rings. The number of aryl methyl sites for hydroxylation is 1. The number of hydrogen-bond acceptors (Lipinski definition) is 9. The van der Waals surface area contributed by atoms with Gasteiger partial charge < -0.3 is 46.9 Å². The molecule has 0 fully saturated rings. The number of rotatable bonds is 27. The van der Waals surface area contributed by atoms with Crippen molar-refractivity contribution in [2.45, 2.75) is 121 Å². The Morgan fingerprint density at radius 3 is 1.87 bits per heavy atom. The fourth-order valence-electron chi connectivity index (χ4n) is 7.78. The van der Waals surface area contributed by atoms with E-state index in [9.17, 15) is 39.3 Å². The van der Waals surface area contributed by atoms with Crippen molar-refractivity contribution in [3.63, 3.8) is 0 Å². The van der Waals surface area contributed by atoms with Gasteiger partial charge in [-0.25, -0.2) is 9.78 Å². The fraction of sp³-hybridized carbons (Fsp3) is 0.385. The van der Waals surface area contributed by atoms with E-state index in [-0.39, 0.29) is 49.1 Å². The molecule has 1 unspecified atom stereocenters. The lowest BCUT2D eigenvalue weighted by atomic mass is 9.98. The summed E-state index contributed by atoms with van der Waals surface area (Å²) in [7, 11) is 0. The lowest BCUT2D eigenvalue weighted by Crippen LogP contribution is -2.58. The number of carboxylic acid groups (broad SMARTS) is 1. The van der Waals surface area contributed by atoms with Crippen molar-refractivity contribution in [3.8, 4) is 11.5 Å². The predicted molar refractivity (Wildman–Crippen MR) is 256 cm³/mol.